The van der Waals surface area contributed by atoms with Crippen molar-refractivity contribution >= 4 is 45.4 Å². The van der Waals surface area contributed by atoms with Crippen molar-refractivity contribution in [2.75, 3.05) is 5.32 Å². The number of nitrogens with one attached hydrogen (secondary N) is 1. The van der Waals surface area contributed by atoms with Crippen LogP contribution in [0.5, 0.6) is 0 Å². The molecule has 0 bridgehead atoms. The Kier molecular flexibility index (Phi) is 6.08. The van der Waals surface area contributed by atoms with Crippen molar-refractivity contribution in [1.29, 1.82) is 0 Å². The molecule has 1 aromatic carbocycles. The molecule has 6 heteroatoms. The number of hydrogen-bond donors (Lipinski definition) is 1. The first-order chi connectivity index (χ1) is 13.0. The fourth-order valence-electron chi connectivity index (χ4n) is 2.72. The lowest BCUT2D eigenvalue weighted by Crippen LogP contribution is -2.13. The topological polar surface area (TPSA) is 76.1 Å². The number of thiophene rings is 1. The maximum Gasteiger partial charge on any atom is 0.224 e. The maximum atomic E-state index is 12.1. The van der Waals surface area contributed by atoms with Gasteiger partial charge in [-0.1, -0.05) is 6.07 Å². The van der Waals surface area contributed by atoms with Gasteiger partial charge in [-0.2, -0.15) is 0 Å². The van der Waals surface area contributed by atoms with E-state index < -0.39 is 0 Å². The Labute approximate surface area is 161 Å². The standard InChI is InChI=1S/C21H20N2O3S/c1-14-4-10-20(27-14)19(25)9-6-17(24)7-11-21(26)23-16-5-8-18-15(13-16)3-2-12-22-18/h2-5,8,10,12-13H,6-7,9,11H2,1H3,(H,23,26). The van der Waals surface area contributed by atoms with Gasteiger partial charge in [-0.15, -0.1) is 11.3 Å². The summed E-state index contributed by atoms with van der Waals surface area (Å²) in [6.07, 6.45) is 2.33. The number of anilines is 1. The summed E-state index contributed by atoms with van der Waals surface area (Å²) in [5, 5.41) is 3.74. The second-order valence-corrected chi connectivity index (χ2v) is 7.62. The number of ketones is 2. The Morgan fingerprint density at radius 3 is 2.59 bits per heavy atom. The summed E-state index contributed by atoms with van der Waals surface area (Å²) in [7, 11) is 0. The molecule has 3 rings (SSSR count). The number of amides is 1. The minimum atomic E-state index is -0.216. The third-order valence-corrected chi connectivity index (χ3v) is 5.21. The van der Waals surface area contributed by atoms with Crippen molar-refractivity contribution < 1.29 is 14.4 Å². The monoisotopic (exact) mass is 380 g/mol. The summed E-state index contributed by atoms with van der Waals surface area (Å²) >= 11 is 1.44. The lowest BCUT2D eigenvalue weighted by molar-refractivity contribution is -0.122. The number of nitrogens with zero attached hydrogens (tertiary/aromatic N) is 1. The van der Waals surface area contributed by atoms with Crippen molar-refractivity contribution in [3.8, 4) is 0 Å². The van der Waals surface area contributed by atoms with Crippen LogP contribution in [0.15, 0.2) is 48.7 Å². The molecule has 0 atom stereocenters. The Morgan fingerprint density at radius 2 is 1.81 bits per heavy atom. The Bertz CT molecular complexity index is 994. The second-order valence-electron chi connectivity index (χ2n) is 6.33. The number of Topliss-reactive ketones (excluding diaryl/α,β-unsaturated/α-hetero) is 2. The van der Waals surface area contributed by atoms with E-state index in [1.807, 2.05) is 37.3 Å². The van der Waals surface area contributed by atoms with E-state index in [1.54, 1.807) is 18.3 Å². The van der Waals surface area contributed by atoms with E-state index in [9.17, 15) is 14.4 Å². The van der Waals surface area contributed by atoms with Crippen LogP contribution < -0.4 is 5.32 Å². The first kappa shape index (κ1) is 18.9. The summed E-state index contributed by atoms with van der Waals surface area (Å²) in [5.41, 5.74) is 1.53. The number of carbonyl (C=O) groups is 3. The number of carbonyl (C=O) groups excluding carboxylic acids is 3. The van der Waals surface area contributed by atoms with Gasteiger partial charge in [0.1, 0.15) is 5.78 Å². The number of hydrogen-bond acceptors (Lipinski definition) is 5. The molecule has 0 aliphatic carbocycles. The molecule has 0 aliphatic heterocycles. The van der Waals surface area contributed by atoms with Crippen molar-refractivity contribution in [3.63, 3.8) is 0 Å². The van der Waals surface area contributed by atoms with Gasteiger partial charge < -0.3 is 5.32 Å². The first-order valence-corrected chi connectivity index (χ1v) is 9.59. The molecule has 27 heavy (non-hydrogen) atoms. The van der Waals surface area contributed by atoms with Gasteiger partial charge in [0.25, 0.3) is 0 Å². The fourth-order valence-corrected chi connectivity index (χ4v) is 3.55. The van der Waals surface area contributed by atoms with Crippen molar-refractivity contribution in [2.24, 2.45) is 0 Å². The average Bonchev–Trinajstić information content (AvgIpc) is 3.11. The highest BCUT2D eigenvalue weighted by Gasteiger charge is 2.12. The summed E-state index contributed by atoms with van der Waals surface area (Å²) in [6.45, 7) is 1.94. The zero-order valence-corrected chi connectivity index (χ0v) is 15.8. The molecule has 0 saturated heterocycles. The van der Waals surface area contributed by atoms with Crippen LogP contribution in [0.2, 0.25) is 0 Å². The van der Waals surface area contributed by atoms with E-state index in [1.165, 1.54) is 11.3 Å². The zero-order valence-electron chi connectivity index (χ0n) is 15.0. The summed E-state index contributed by atoms with van der Waals surface area (Å²) in [5.74, 6) is -0.308. The largest absolute Gasteiger partial charge is 0.326 e. The predicted octanol–water partition coefficient (Wildman–Crippen LogP) is 4.56. The molecule has 1 N–H and O–H groups in total. The SMILES string of the molecule is Cc1ccc(C(=O)CCC(=O)CCC(=O)Nc2ccc3ncccc3c2)s1. The fraction of sp³-hybridized carbons (Fsp3) is 0.238. The summed E-state index contributed by atoms with van der Waals surface area (Å²) in [4.78, 5) is 42.1. The van der Waals surface area contributed by atoms with Crippen LogP contribution in [-0.4, -0.2) is 22.5 Å². The Hall–Kier alpha value is -2.86. The van der Waals surface area contributed by atoms with Crippen LogP contribution in [0.1, 0.15) is 40.2 Å². The molecule has 138 valence electrons. The van der Waals surface area contributed by atoms with E-state index in [0.717, 1.165) is 15.8 Å². The number of pyridine rings is 1. The summed E-state index contributed by atoms with van der Waals surface area (Å²) in [6, 6.07) is 12.9. The molecule has 0 fully saturated rings. The number of fused-ring (bicyclic) bond motifs is 1. The van der Waals surface area contributed by atoms with E-state index in [4.69, 9.17) is 0 Å². The van der Waals surface area contributed by atoms with Crippen molar-refractivity contribution in [1.82, 2.24) is 4.98 Å². The van der Waals surface area contributed by atoms with Crippen LogP contribution in [0.3, 0.4) is 0 Å². The van der Waals surface area contributed by atoms with Gasteiger partial charge >= 0.3 is 0 Å². The van der Waals surface area contributed by atoms with Crippen LogP contribution in [-0.2, 0) is 9.59 Å². The third-order valence-electron chi connectivity index (χ3n) is 4.16. The second kappa shape index (κ2) is 8.68. The van der Waals surface area contributed by atoms with Crippen molar-refractivity contribution in [3.05, 3.63) is 58.4 Å². The normalized spacial score (nSPS) is 10.7. The molecule has 0 radical (unpaired) electrons. The zero-order chi connectivity index (χ0) is 19.2. The molecule has 3 aromatic rings. The molecule has 0 unspecified atom stereocenters. The molecule has 2 heterocycles. The first-order valence-electron chi connectivity index (χ1n) is 8.77. The van der Waals surface area contributed by atoms with Gasteiger partial charge in [0.15, 0.2) is 5.78 Å². The number of rotatable bonds is 8. The van der Waals surface area contributed by atoms with Crippen LogP contribution >= 0.6 is 11.3 Å². The minimum Gasteiger partial charge on any atom is -0.326 e. The van der Waals surface area contributed by atoms with E-state index in [2.05, 4.69) is 10.3 Å². The van der Waals surface area contributed by atoms with Gasteiger partial charge in [0.2, 0.25) is 5.91 Å². The minimum absolute atomic E-state index is 0.0179. The molecule has 1 amide bonds. The molecule has 0 spiro atoms. The predicted molar refractivity (Wildman–Crippen MR) is 107 cm³/mol. The molecular formula is C21H20N2O3S. The highest BCUT2D eigenvalue weighted by atomic mass is 32.1. The van der Waals surface area contributed by atoms with Gasteiger partial charge in [0.05, 0.1) is 10.4 Å². The van der Waals surface area contributed by atoms with Gasteiger partial charge in [-0.3, -0.25) is 19.4 Å². The molecular weight excluding hydrogens is 360 g/mol. The van der Waals surface area contributed by atoms with Gasteiger partial charge in [-0.25, -0.2) is 0 Å². The van der Waals surface area contributed by atoms with Crippen LogP contribution in [0.4, 0.5) is 5.69 Å². The summed E-state index contributed by atoms with van der Waals surface area (Å²) < 4.78 is 0. The quantitative estimate of drug-likeness (QED) is 0.582. The van der Waals surface area contributed by atoms with Crippen molar-refractivity contribution in [2.45, 2.75) is 32.6 Å². The Balaban J connectivity index is 1.44. The van der Waals surface area contributed by atoms with Gasteiger partial charge in [-0.05, 0) is 43.3 Å². The highest BCUT2D eigenvalue weighted by molar-refractivity contribution is 7.14. The third kappa shape index (κ3) is 5.31. The van der Waals surface area contributed by atoms with E-state index >= 15 is 0 Å². The lowest BCUT2D eigenvalue weighted by atomic mass is 10.1. The number of aryl methyl sites for hydroxylation is 1. The maximum absolute atomic E-state index is 12.1. The van der Waals surface area contributed by atoms with Gasteiger partial charge in [0, 0.05) is 47.8 Å². The van der Waals surface area contributed by atoms with Crippen LogP contribution in [0.25, 0.3) is 10.9 Å². The van der Waals surface area contributed by atoms with E-state index in [-0.39, 0.29) is 43.2 Å². The smallest absolute Gasteiger partial charge is 0.224 e. The van der Waals surface area contributed by atoms with Crippen LogP contribution in [0, 0.1) is 6.92 Å². The highest BCUT2D eigenvalue weighted by Crippen LogP contribution is 2.19. The number of aromatic nitrogens is 1. The molecule has 0 aliphatic rings. The number of benzene rings is 1. The Morgan fingerprint density at radius 1 is 1.00 bits per heavy atom. The lowest BCUT2D eigenvalue weighted by Gasteiger charge is -2.06. The molecule has 2 aromatic heterocycles. The average molecular weight is 380 g/mol. The molecule has 0 saturated carbocycles. The van der Waals surface area contributed by atoms with E-state index in [0.29, 0.717) is 10.6 Å². The molecule has 5 nitrogen and oxygen atoms in total.